The summed E-state index contributed by atoms with van der Waals surface area (Å²) in [6.07, 6.45) is 5.01. The molecule has 0 saturated carbocycles. The Labute approximate surface area is 118 Å². The van der Waals surface area contributed by atoms with Gasteiger partial charge in [0, 0.05) is 30.4 Å². The highest BCUT2D eigenvalue weighted by atomic mass is 32.2. The minimum absolute atomic E-state index is 0.0881. The minimum atomic E-state index is 0.0881. The second-order valence-corrected chi connectivity index (χ2v) is 5.81. The van der Waals surface area contributed by atoms with Crippen LogP contribution < -0.4 is 0 Å². The summed E-state index contributed by atoms with van der Waals surface area (Å²) in [5.41, 5.74) is 1.75. The third kappa shape index (κ3) is 3.13. The smallest absolute Gasteiger partial charge is 0.253 e. The quantitative estimate of drug-likeness (QED) is 0.908. The molecule has 1 unspecified atom stereocenters. The molecule has 0 fully saturated rings. The second-order valence-electron chi connectivity index (χ2n) is 4.83. The van der Waals surface area contributed by atoms with E-state index in [-0.39, 0.29) is 11.9 Å². The lowest BCUT2D eigenvalue weighted by Gasteiger charge is -2.24. The molecule has 0 bridgehead atoms. The van der Waals surface area contributed by atoms with E-state index in [1.165, 1.54) is 0 Å². The van der Waals surface area contributed by atoms with Gasteiger partial charge in [0.25, 0.3) is 5.91 Å². The van der Waals surface area contributed by atoms with E-state index >= 15 is 0 Å². The topological polar surface area (TPSA) is 36.1 Å². The van der Waals surface area contributed by atoms with Crippen LogP contribution in [0.5, 0.6) is 0 Å². The molecule has 3 nitrogen and oxygen atoms in total. The SMILES string of the molecule is CSCCC(C)N(C)C(=O)c1ccc2cc[nH]c2c1. The number of carbonyl (C=O) groups excluding carboxylic acids is 1. The van der Waals surface area contributed by atoms with Gasteiger partial charge in [-0.15, -0.1) is 0 Å². The van der Waals surface area contributed by atoms with Gasteiger partial charge in [-0.2, -0.15) is 11.8 Å². The van der Waals surface area contributed by atoms with Crippen LogP contribution in [0.1, 0.15) is 23.7 Å². The highest BCUT2D eigenvalue weighted by molar-refractivity contribution is 7.98. The standard InChI is InChI=1S/C15H20N2OS/c1-11(7-9-19-3)17(2)15(18)13-5-4-12-6-8-16-14(12)10-13/h4-6,8,10-11,16H,7,9H2,1-3H3. The summed E-state index contributed by atoms with van der Waals surface area (Å²) in [6.45, 7) is 2.10. The fourth-order valence-electron chi connectivity index (χ4n) is 2.07. The van der Waals surface area contributed by atoms with Crippen molar-refractivity contribution in [3.05, 3.63) is 36.0 Å². The molecule has 1 amide bonds. The predicted molar refractivity (Wildman–Crippen MR) is 82.9 cm³/mol. The molecule has 0 aliphatic carbocycles. The first-order valence-electron chi connectivity index (χ1n) is 6.46. The Morgan fingerprint density at radius 3 is 2.95 bits per heavy atom. The number of fused-ring (bicyclic) bond motifs is 1. The molecule has 1 aromatic heterocycles. The number of amides is 1. The predicted octanol–water partition coefficient (Wildman–Crippen LogP) is 3.38. The number of hydrogen-bond donors (Lipinski definition) is 1. The van der Waals surface area contributed by atoms with Gasteiger partial charge >= 0.3 is 0 Å². The Morgan fingerprint density at radius 2 is 2.21 bits per heavy atom. The van der Waals surface area contributed by atoms with E-state index in [4.69, 9.17) is 0 Å². The van der Waals surface area contributed by atoms with Crippen LogP contribution in [0.4, 0.5) is 0 Å². The second kappa shape index (κ2) is 6.15. The molecule has 1 atom stereocenters. The van der Waals surface area contributed by atoms with Gasteiger partial charge in [-0.05, 0) is 48.9 Å². The maximum absolute atomic E-state index is 12.4. The number of benzene rings is 1. The van der Waals surface area contributed by atoms with Crippen LogP contribution in [0.25, 0.3) is 10.9 Å². The number of thioether (sulfide) groups is 1. The first kappa shape index (κ1) is 14.0. The molecule has 0 aliphatic heterocycles. The molecular formula is C15H20N2OS. The molecule has 1 N–H and O–H groups in total. The number of carbonyl (C=O) groups is 1. The third-order valence-electron chi connectivity index (χ3n) is 3.52. The normalized spacial score (nSPS) is 12.6. The highest BCUT2D eigenvalue weighted by Gasteiger charge is 2.17. The number of aromatic amines is 1. The fraction of sp³-hybridized carbons (Fsp3) is 0.400. The number of rotatable bonds is 5. The van der Waals surface area contributed by atoms with E-state index < -0.39 is 0 Å². The first-order chi connectivity index (χ1) is 9.13. The lowest BCUT2D eigenvalue weighted by Crippen LogP contribution is -2.35. The van der Waals surface area contributed by atoms with Gasteiger partial charge in [0.05, 0.1) is 0 Å². The van der Waals surface area contributed by atoms with E-state index in [1.54, 1.807) is 0 Å². The van der Waals surface area contributed by atoms with E-state index in [9.17, 15) is 4.79 Å². The van der Waals surface area contributed by atoms with Crippen molar-refractivity contribution in [2.24, 2.45) is 0 Å². The Bertz CT molecular complexity index is 564. The molecule has 19 heavy (non-hydrogen) atoms. The van der Waals surface area contributed by atoms with Crippen LogP contribution in [0, 0.1) is 0 Å². The van der Waals surface area contributed by atoms with E-state index in [0.717, 1.165) is 28.6 Å². The summed E-state index contributed by atoms with van der Waals surface area (Å²) in [4.78, 5) is 17.4. The summed E-state index contributed by atoms with van der Waals surface area (Å²) in [7, 11) is 1.88. The van der Waals surface area contributed by atoms with Crippen molar-refractivity contribution in [2.45, 2.75) is 19.4 Å². The summed E-state index contributed by atoms with van der Waals surface area (Å²) in [5, 5.41) is 1.13. The van der Waals surface area contributed by atoms with Crippen molar-refractivity contribution in [1.29, 1.82) is 0 Å². The number of aromatic nitrogens is 1. The minimum Gasteiger partial charge on any atom is -0.361 e. The first-order valence-corrected chi connectivity index (χ1v) is 7.86. The molecule has 0 spiro atoms. The van der Waals surface area contributed by atoms with Crippen molar-refractivity contribution in [2.75, 3.05) is 19.1 Å². The largest absolute Gasteiger partial charge is 0.361 e. The van der Waals surface area contributed by atoms with Gasteiger partial charge in [0.1, 0.15) is 0 Å². The monoisotopic (exact) mass is 276 g/mol. The molecule has 0 aliphatic rings. The van der Waals surface area contributed by atoms with Crippen molar-refractivity contribution >= 4 is 28.6 Å². The zero-order valence-electron chi connectivity index (χ0n) is 11.6. The van der Waals surface area contributed by atoms with Crippen molar-refractivity contribution < 1.29 is 4.79 Å². The summed E-state index contributed by atoms with van der Waals surface area (Å²) in [6, 6.07) is 8.08. The van der Waals surface area contributed by atoms with Crippen LogP contribution in [0.2, 0.25) is 0 Å². The highest BCUT2D eigenvalue weighted by Crippen LogP contribution is 2.17. The summed E-state index contributed by atoms with van der Waals surface area (Å²) in [5.74, 6) is 1.17. The lowest BCUT2D eigenvalue weighted by molar-refractivity contribution is 0.0741. The Hall–Kier alpha value is -1.42. The number of hydrogen-bond acceptors (Lipinski definition) is 2. The van der Waals surface area contributed by atoms with Gasteiger partial charge in [0.15, 0.2) is 0 Å². The van der Waals surface area contributed by atoms with Crippen molar-refractivity contribution in [1.82, 2.24) is 9.88 Å². The summed E-state index contributed by atoms with van der Waals surface area (Å²) < 4.78 is 0. The average molecular weight is 276 g/mol. The number of nitrogens with zero attached hydrogens (tertiary/aromatic N) is 1. The molecule has 0 saturated heterocycles. The van der Waals surface area contributed by atoms with Gasteiger partial charge in [-0.1, -0.05) is 6.07 Å². The van der Waals surface area contributed by atoms with E-state index in [1.807, 2.05) is 54.2 Å². The van der Waals surface area contributed by atoms with Gasteiger partial charge in [-0.3, -0.25) is 4.79 Å². The Balaban J connectivity index is 2.13. The van der Waals surface area contributed by atoms with E-state index in [0.29, 0.717) is 0 Å². The van der Waals surface area contributed by atoms with Gasteiger partial charge < -0.3 is 9.88 Å². The molecule has 4 heteroatoms. The molecule has 1 heterocycles. The average Bonchev–Trinajstić information content (AvgIpc) is 2.90. The number of nitrogens with one attached hydrogen (secondary N) is 1. The molecule has 1 aromatic carbocycles. The maximum Gasteiger partial charge on any atom is 0.253 e. The van der Waals surface area contributed by atoms with Gasteiger partial charge in [0.2, 0.25) is 0 Å². The maximum atomic E-state index is 12.4. The van der Waals surface area contributed by atoms with Crippen LogP contribution >= 0.6 is 11.8 Å². The van der Waals surface area contributed by atoms with Crippen LogP contribution in [0.15, 0.2) is 30.5 Å². The van der Waals surface area contributed by atoms with Crippen LogP contribution in [0.3, 0.4) is 0 Å². The van der Waals surface area contributed by atoms with Gasteiger partial charge in [-0.25, -0.2) is 0 Å². The molecular weight excluding hydrogens is 256 g/mol. The lowest BCUT2D eigenvalue weighted by atomic mass is 10.1. The zero-order valence-corrected chi connectivity index (χ0v) is 12.5. The Kier molecular flexibility index (Phi) is 4.53. The zero-order chi connectivity index (χ0) is 13.8. The molecule has 102 valence electrons. The van der Waals surface area contributed by atoms with E-state index in [2.05, 4.69) is 18.2 Å². The summed E-state index contributed by atoms with van der Waals surface area (Å²) >= 11 is 1.81. The fourth-order valence-corrected chi connectivity index (χ4v) is 2.64. The Morgan fingerprint density at radius 1 is 1.42 bits per heavy atom. The molecule has 2 aromatic rings. The van der Waals surface area contributed by atoms with Crippen LogP contribution in [-0.4, -0.2) is 40.9 Å². The van der Waals surface area contributed by atoms with Crippen molar-refractivity contribution in [3.63, 3.8) is 0 Å². The number of H-pyrrole nitrogens is 1. The van der Waals surface area contributed by atoms with Crippen molar-refractivity contribution in [3.8, 4) is 0 Å². The molecule has 2 rings (SSSR count). The third-order valence-corrected chi connectivity index (χ3v) is 4.17. The van der Waals surface area contributed by atoms with Crippen LogP contribution in [-0.2, 0) is 0 Å². The molecule has 0 radical (unpaired) electrons.